The minimum absolute atomic E-state index is 0. The van der Waals surface area contributed by atoms with E-state index in [-0.39, 0.29) is 95.1 Å². The number of aliphatic hydroxyl groups excluding tert-OH is 1. The van der Waals surface area contributed by atoms with E-state index in [1.807, 2.05) is 18.2 Å². The number of rotatable bonds is 8. The van der Waals surface area contributed by atoms with Gasteiger partial charge in [-0.05, 0) is 30.7 Å². The van der Waals surface area contributed by atoms with Crippen LogP contribution in [0.3, 0.4) is 0 Å². The van der Waals surface area contributed by atoms with E-state index in [0.717, 1.165) is 23.6 Å². The molecule has 1 unspecified atom stereocenters. The SMILES string of the molecule is O=P(O)(O)C(O)CCCCCSc1ccccn1.O=[PH](O)O.[NaH].[NaH].[NaH]. The molecule has 0 amide bonds. The molecule has 0 aliphatic rings. The summed E-state index contributed by atoms with van der Waals surface area (Å²) in [5.74, 6) is -0.593. The van der Waals surface area contributed by atoms with E-state index in [9.17, 15) is 4.57 Å². The molecule has 0 fully saturated rings. The van der Waals surface area contributed by atoms with Gasteiger partial charge in [0.15, 0.2) is 5.85 Å². The van der Waals surface area contributed by atoms with Crippen LogP contribution >= 0.6 is 27.6 Å². The van der Waals surface area contributed by atoms with Crippen molar-refractivity contribution in [2.45, 2.75) is 36.6 Å². The van der Waals surface area contributed by atoms with Gasteiger partial charge in [0.05, 0.1) is 5.03 Å². The molecular weight excluding hydrogens is 421 g/mol. The van der Waals surface area contributed by atoms with E-state index in [0.29, 0.717) is 6.42 Å². The third-order valence-corrected chi connectivity index (χ3v) is 4.45. The zero-order valence-corrected chi connectivity index (χ0v) is 14.5. The Bertz CT molecular complexity index is 480. The number of hydrogen-bond acceptors (Lipinski definition) is 5. The molecule has 14 heteroatoms. The minimum atomic E-state index is -4.32. The second-order valence-electron chi connectivity index (χ2n) is 4.22. The van der Waals surface area contributed by atoms with Crippen LogP contribution in [0.5, 0.6) is 0 Å². The summed E-state index contributed by atoms with van der Waals surface area (Å²) in [7, 11) is -7.45. The number of unbranched alkanes of at least 4 members (excludes halogenated alkanes) is 2. The fourth-order valence-corrected chi connectivity index (χ4v) is 2.77. The van der Waals surface area contributed by atoms with Crippen LogP contribution in [0.15, 0.2) is 29.4 Å². The van der Waals surface area contributed by atoms with E-state index < -0.39 is 21.7 Å². The molecule has 134 valence electrons. The Kier molecular flexibility index (Phi) is 30.2. The van der Waals surface area contributed by atoms with Crippen molar-refractivity contribution in [1.82, 2.24) is 4.98 Å². The van der Waals surface area contributed by atoms with Crippen molar-refractivity contribution in [3.63, 3.8) is 0 Å². The number of aromatic nitrogens is 1. The van der Waals surface area contributed by atoms with Gasteiger partial charge in [-0.25, -0.2) is 4.98 Å². The molecule has 0 aliphatic heterocycles. The zero-order valence-electron chi connectivity index (χ0n) is 11.8. The molecule has 1 heterocycles. The summed E-state index contributed by atoms with van der Waals surface area (Å²) in [6, 6.07) is 5.75. The Morgan fingerprint density at radius 3 is 2.12 bits per heavy atom. The van der Waals surface area contributed by atoms with Gasteiger partial charge in [0.1, 0.15) is 0 Å². The fraction of sp³-hybridized carbons (Fsp3) is 0.545. The van der Waals surface area contributed by atoms with Crippen LogP contribution in [0.1, 0.15) is 25.7 Å². The maximum atomic E-state index is 10.7. The first-order chi connectivity index (χ1) is 10.2. The van der Waals surface area contributed by atoms with Gasteiger partial charge in [-0.1, -0.05) is 18.9 Å². The van der Waals surface area contributed by atoms with Gasteiger partial charge < -0.3 is 24.7 Å². The van der Waals surface area contributed by atoms with E-state index >= 15 is 0 Å². The van der Waals surface area contributed by atoms with Gasteiger partial charge in [0, 0.05) is 6.20 Å². The predicted octanol–water partition coefficient (Wildman–Crippen LogP) is -0.355. The van der Waals surface area contributed by atoms with Crippen LogP contribution in [0.25, 0.3) is 0 Å². The van der Waals surface area contributed by atoms with Crippen molar-refractivity contribution in [3.8, 4) is 0 Å². The molecule has 1 atom stereocenters. The Hall–Kier alpha value is 2.76. The Balaban J connectivity index is -0.000000285. The predicted molar refractivity (Wildman–Crippen MR) is 106 cm³/mol. The van der Waals surface area contributed by atoms with E-state index in [1.54, 1.807) is 18.0 Å². The first-order valence-corrected chi connectivity index (χ1v) is 10.4. The van der Waals surface area contributed by atoms with Crippen molar-refractivity contribution in [2.75, 3.05) is 5.75 Å². The zero-order chi connectivity index (χ0) is 17.0. The number of hydrogen-bond donors (Lipinski definition) is 5. The number of pyridine rings is 1. The molecule has 8 nitrogen and oxygen atoms in total. The van der Waals surface area contributed by atoms with Crippen LogP contribution in [-0.4, -0.2) is 130 Å². The summed E-state index contributed by atoms with van der Waals surface area (Å²) in [5.41, 5.74) is 0. The Morgan fingerprint density at radius 1 is 1.12 bits per heavy atom. The van der Waals surface area contributed by atoms with Gasteiger partial charge in [0.2, 0.25) is 0 Å². The second-order valence-corrected chi connectivity index (χ2v) is 7.67. The Labute approximate surface area is 219 Å². The van der Waals surface area contributed by atoms with Crippen LogP contribution < -0.4 is 0 Å². The number of thioether (sulfide) groups is 1. The van der Waals surface area contributed by atoms with Gasteiger partial charge >= 0.3 is 105 Å². The number of aliphatic hydroxyl groups is 1. The summed E-state index contributed by atoms with van der Waals surface area (Å²) >= 11 is 1.66. The molecule has 0 saturated carbocycles. The second kappa shape index (κ2) is 21.5. The van der Waals surface area contributed by atoms with E-state index in [4.69, 9.17) is 29.2 Å². The quantitative estimate of drug-likeness (QED) is 0.157. The molecule has 1 rings (SSSR count). The van der Waals surface area contributed by atoms with Crippen LogP contribution in [0, 0.1) is 0 Å². The van der Waals surface area contributed by atoms with Crippen LogP contribution in [0.2, 0.25) is 0 Å². The molecule has 0 bridgehead atoms. The van der Waals surface area contributed by atoms with Gasteiger partial charge in [-0.2, -0.15) is 0 Å². The fourth-order valence-electron chi connectivity index (χ4n) is 1.38. The summed E-state index contributed by atoms with van der Waals surface area (Å²) in [5, 5.41) is 10.1. The standard InChI is InChI=1S/C11H18NO4PS.3Na.H3O3P.3H/c13-11(17(14,15)16)7-2-1-5-9-18-10-6-3-4-8-12-10;;;;1-4(2)3;;;/h3-4,6,8,11,13H,1-2,5,7,9H2,(H2,14,15,16);;;;4H,(H2,1,2,3);;;. The number of nitrogens with zero attached hydrogens (tertiary/aromatic N) is 1. The van der Waals surface area contributed by atoms with Gasteiger partial charge in [-0.15, -0.1) is 11.8 Å². The molecule has 0 spiro atoms. The molecule has 0 radical (unpaired) electrons. The van der Waals surface area contributed by atoms with Crippen molar-refractivity contribution >= 4 is 116 Å². The average Bonchev–Trinajstić information content (AvgIpc) is 2.42. The van der Waals surface area contributed by atoms with Crippen molar-refractivity contribution < 1.29 is 33.8 Å². The molecule has 5 N–H and O–H groups in total. The van der Waals surface area contributed by atoms with Crippen LogP contribution in [0.4, 0.5) is 0 Å². The van der Waals surface area contributed by atoms with Crippen molar-refractivity contribution in [2.24, 2.45) is 0 Å². The first-order valence-electron chi connectivity index (χ1n) is 6.42. The summed E-state index contributed by atoms with van der Waals surface area (Å²) in [6.45, 7) is 0. The molecule has 0 aliphatic carbocycles. The van der Waals surface area contributed by atoms with Crippen molar-refractivity contribution in [1.29, 1.82) is 0 Å². The molecule has 1 aromatic rings. The monoisotopic (exact) mass is 445 g/mol. The van der Waals surface area contributed by atoms with Crippen molar-refractivity contribution in [3.05, 3.63) is 24.4 Å². The van der Waals surface area contributed by atoms with E-state index in [2.05, 4.69) is 4.98 Å². The molecule has 0 saturated heterocycles. The summed E-state index contributed by atoms with van der Waals surface area (Å²) in [4.78, 5) is 35.9. The molecule has 0 aromatic carbocycles. The normalized spacial score (nSPS) is 11.1. The Morgan fingerprint density at radius 2 is 1.68 bits per heavy atom. The first kappa shape index (κ1) is 35.2. The van der Waals surface area contributed by atoms with Gasteiger partial charge in [-0.3, -0.25) is 9.13 Å². The molecule has 25 heavy (non-hydrogen) atoms. The third-order valence-electron chi connectivity index (χ3n) is 2.38. The maximum absolute atomic E-state index is 10.7. The average molecular weight is 445 g/mol. The molecule has 1 aromatic heterocycles. The summed E-state index contributed by atoms with van der Waals surface area (Å²) in [6.07, 6.45) is 4.30. The third kappa shape index (κ3) is 24.7. The van der Waals surface area contributed by atoms with Crippen LogP contribution in [-0.2, 0) is 9.13 Å². The topological polar surface area (TPSA) is 148 Å². The van der Waals surface area contributed by atoms with Gasteiger partial charge in [0.25, 0.3) is 0 Å². The van der Waals surface area contributed by atoms with E-state index in [1.165, 1.54) is 0 Å². The molecular formula is C11H24NNa3O7P2S. The summed E-state index contributed by atoms with van der Waals surface area (Å²) < 4.78 is 19.4.